The first-order chi connectivity index (χ1) is 11.8. The summed E-state index contributed by atoms with van der Waals surface area (Å²) in [4.78, 5) is 23.1. The van der Waals surface area contributed by atoms with Crippen molar-refractivity contribution in [2.24, 2.45) is 0 Å². The molecule has 5 nitrogen and oxygen atoms in total. The van der Waals surface area contributed by atoms with Crippen LogP contribution in [0.2, 0.25) is 5.02 Å². The van der Waals surface area contributed by atoms with E-state index < -0.39 is 5.82 Å². The summed E-state index contributed by atoms with van der Waals surface area (Å²) in [5.41, 5.74) is 1.53. The Bertz CT molecular complexity index is 765. The Labute approximate surface area is 150 Å². The number of hydrogen-bond acceptors (Lipinski definition) is 3. The van der Waals surface area contributed by atoms with Gasteiger partial charge in [-0.15, -0.1) is 0 Å². The van der Waals surface area contributed by atoms with Crippen molar-refractivity contribution in [3.05, 3.63) is 58.9 Å². The molecule has 0 radical (unpaired) electrons. The van der Waals surface area contributed by atoms with Crippen LogP contribution in [-0.2, 0) is 9.59 Å². The van der Waals surface area contributed by atoms with Crippen LogP contribution in [0.25, 0.3) is 0 Å². The zero-order valence-electron chi connectivity index (χ0n) is 13.9. The third-order valence-corrected chi connectivity index (χ3v) is 3.73. The van der Waals surface area contributed by atoms with Crippen LogP contribution in [-0.4, -0.2) is 18.4 Å². The lowest BCUT2D eigenvalue weighted by Gasteiger charge is -2.15. The van der Waals surface area contributed by atoms with Crippen LogP contribution in [0.15, 0.2) is 42.5 Å². The standard InChI is InChI=1S/C18H19ClFN3O2/c1-11(13-3-5-14(19)6-4-13)22-18(25)10-21-15-7-8-16(20)17(9-15)23-12(2)24/h3-9,11,21H,10H2,1-2H3,(H,22,25)(H,23,24). The van der Waals surface area contributed by atoms with E-state index in [1.165, 1.54) is 25.1 Å². The molecular weight excluding hydrogens is 345 g/mol. The van der Waals surface area contributed by atoms with Crippen molar-refractivity contribution in [2.45, 2.75) is 19.9 Å². The second kappa shape index (κ2) is 8.48. The molecule has 2 aromatic carbocycles. The van der Waals surface area contributed by atoms with Gasteiger partial charge >= 0.3 is 0 Å². The van der Waals surface area contributed by atoms with Gasteiger partial charge in [0.2, 0.25) is 11.8 Å². The molecule has 0 saturated heterocycles. The molecule has 0 spiro atoms. The fraction of sp³-hybridized carbons (Fsp3) is 0.222. The van der Waals surface area contributed by atoms with Gasteiger partial charge < -0.3 is 16.0 Å². The minimum absolute atomic E-state index is 0.0169. The Balaban J connectivity index is 1.91. The normalized spacial score (nSPS) is 11.5. The number of rotatable bonds is 6. The lowest BCUT2D eigenvalue weighted by molar-refractivity contribution is -0.120. The van der Waals surface area contributed by atoms with Crippen molar-refractivity contribution in [1.29, 1.82) is 0 Å². The van der Waals surface area contributed by atoms with E-state index in [0.29, 0.717) is 10.7 Å². The molecule has 3 N–H and O–H groups in total. The summed E-state index contributed by atoms with van der Waals surface area (Å²) in [6, 6.07) is 11.2. The minimum atomic E-state index is -0.540. The molecule has 0 aliphatic carbocycles. The van der Waals surface area contributed by atoms with Crippen molar-refractivity contribution >= 4 is 34.8 Å². The van der Waals surface area contributed by atoms with Crippen LogP contribution < -0.4 is 16.0 Å². The molecule has 0 saturated carbocycles. The maximum atomic E-state index is 13.6. The minimum Gasteiger partial charge on any atom is -0.376 e. The maximum absolute atomic E-state index is 13.6. The average Bonchev–Trinajstić information content (AvgIpc) is 2.55. The average molecular weight is 364 g/mol. The van der Waals surface area contributed by atoms with Crippen LogP contribution in [0, 0.1) is 5.82 Å². The van der Waals surface area contributed by atoms with Crippen LogP contribution >= 0.6 is 11.6 Å². The van der Waals surface area contributed by atoms with E-state index in [9.17, 15) is 14.0 Å². The first-order valence-electron chi connectivity index (χ1n) is 7.71. The predicted octanol–water partition coefficient (Wildman–Crippen LogP) is 3.73. The van der Waals surface area contributed by atoms with E-state index in [0.717, 1.165) is 5.56 Å². The van der Waals surface area contributed by atoms with E-state index >= 15 is 0 Å². The first kappa shape index (κ1) is 18.7. The van der Waals surface area contributed by atoms with E-state index in [-0.39, 0.29) is 30.1 Å². The lowest BCUT2D eigenvalue weighted by atomic mass is 10.1. The Hall–Kier alpha value is -2.60. The zero-order valence-corrected chi connectivity index (χ0v) is 14.7. The SMILES string of the molecule is CC(=O)Nc1cc(NCC(=O)NC(C)c2ccc(Cl)cc2)ccc1F. The van der Waals surface area contributed by atoms with E-state index in [2.05, 4.69) is 16.0 Å². The van der Waals surface area contributed by atoms with Gasteiger partial charge in [-0.1, -0.05) is 23.7 Å². The summed E-state index contributed by atoms with van der Waals surface area (Å²) in [6.07, 6.45) is 0. The number of carbonyl (C=O) groups excluding carboxylic acids is 2. The summed E-state index contributed by atoms with van der Waals surface area (Å²) >= 11 is 5.84. The van der Waals surface area contributed by atoms with Gasteiger partial charge in [-0.25, -0.2) is 4.39 Å². The summed E-state index contributed by atoms with van der Waals surface area (Å²) in [5.74, 6) is -1.13. The largest absolute Gasteiger partial charge is 0.376 e. The Morgan fingerprint density at radius 1 is 1.16 bits per heavy atom. The van der Waals surface area contributed by atoms with Gasteiger partial charge in [0.1, 0.15) is 5.82 Å². The fourth-order valence-corrected chi connectivity index (χ4v) is 2.36. The molecule has 1 unspecified atom stereocenters. The summed E-state index contributed by atoms with van der Waals surface area (Å²) in [5, 5.41) is 8.78. The Morgan fingerprint density at radius 3 is 2.48 bits per heavy atom. The smallest absolute Gasteiger partial charge is 0.239 e. The molecule has 0 fully saturated rings. The predicted molar refractivity (Wildman–Crippen MR) is 97.2 cm³/mol. The molecule has 0 bridgehead atoms. The molecule has 7 heteroatoms. The molecule has 0 heterocycles. The zero-order chi connectivity index (χ0) is 18.4. The third kappa shape index (κ3) is 5.76. The topological polar surface area (TPSA) is 70.2 Å². The molecule has 1 atom stereocenters. The van der Waals surface area contributed by atoms with E-state index in [1.807, 2.05) is 19.1 Å². The number of benzene rings is 2. The summed E-state index contributed by atoms with van der Waals surface area (Å²) in [6.45, 7) is 3.18. The quantitative estimate of drug-likeness (QED) is 0.732. The van der Waals surface area contributed by atoms with Crippen molar-refractivity contribution < 1.29 is 14.0 Å². The molecule has 2 aromatic rings. The number of carbonyl (C=O) groups is 2. The number of nitrogens with one attached hydrogen (secondary N) is 3. The van der Waals surface area contributed by atoms with Gasteiger partial charge in [0.15, 0.2) is 0 Å². The van der Waals surface area contributed by atoms with Crippen molar-refractivity contribution in [3.8, 4) is 0 Å². The molecule has 25 heavy (non-hydrogen) atoms. The maximum Gasteiger partial charge on any atom is 0.239 e. The third-order valence-electron chi connectivity index (χ3n) is 3.48. The van der Waals surface area contributed by atoms with Crippen LogP contribution in [0.3, 0.4) is 0 Å². The summed E-state index contributed by atoms with van der Waals surface area (Å²) < 4.78 is 13.6. The Morgan fingerprint density at radius 2 is 1.84 bits per heavy atom. The molecular formula is C18H19ClFN3O2. The molecule has 0 aliphatic rings. The molecule has 2 amide bonds. The van der Waals surface area contributed by atoms with Gasteiger partial charge in [-0.3, -0.25) is 9.59 Å². The van der Waals surface area contributed by atoms with E-state index in [4.69, 9.17) is 11.6 Å². The monoisotopic (exact) mass is 363 g/mol. The fourth-order valence-electron chi connectivity index (χ4n) is 2.23. The van der Waals surface area contributed by atoms with E-state index in [1.54, 1.807) is 12.1 Å². The molecule has 132 valence electrons. The highest BCUT2D eigenvalue weighted by Gasteiger charge is 2.10. The van der Waals surface area contributed by atoms with Crippen LogP contribution in [0.5, 0.6) is 0 Å². The summed E-state index contributed by atoms with van der Waals surface area (Å²) in [7, 11) is 0. The van der Waals surface area contributed by atoms with Crippen molar-refractivity contribution in [3.63, 3.8) is 0 Å². The molecule has 0 aromatic heterocycles. The highest BCUT2D eigenvalue weighted by Crippen LogP contribution is 2.20. The van der Waals surface area contributed by atoms with Gasteiger partial charge in [-0.05, 0) is 42.8 Å². The Kier molecular flexibility index (Phi) is 6.36. The van der Waals surface area contributed by atoms with Gasteiger partial charge in [0.05, 0.1) is 18.3 Å². The van der Waals surface area contributed by atoms with Crippen molar-refractivity contribution in [1.82, 2.24) is 5.32 Å². The highest BCUT2D eigenvalue weighted by atomic mass is 35.5. The van der Waals surface area contributed by atoms with Gasteiger partial charge in [0.25, 0.3) is 0 Å². The van der Waals surface area contributed by atoms with Crippen LogP contribution in [0.4, 0.5) is 15.8 Å². The van der Waals surface area contributed by atoms with Gasteiger partial charge in [-0.2, -0.15) is 0 Å². The van der Waals surface area contributed by atoms with Crippen LogP contribution in [0.1, 0.15) is 25.5 Å². The van der Waals surface area contributed by atoms with Gasteiger partial charge in [0, 0.05) is 17.6 Å². The number of hydrogen-bond donors (Lipinski definition) is 3. The number of amides is 2. The number of anilines is 2. The second-order valence-corrected chi connectivity index (χ2v) is 6.01. The van der Waals surface area contributed by atoms with Crippen molar-refractivity contribution in [2.75, 3.05) is 17.2 Å². The number of halogens is 2. The lowest BCUT2D eigenvalue weighted by Crippen LogP contribution is -2.32. The molecule has 2 rings (SSSR count). The first-order valence-corrected chi connectivity index (χ1v) is 8.09. The second-order valence-electron chi connectivity index (χ2n) is 5.57. The molecule has 0 aliphatic heterocycles. The highest BCUT2D eigenvalue weighted by molar-refractivity contribution is 6.30.